The summed E-state index contributed by atoms with van der Waals surface area (Å²) >= 11 is 18.1. The fourth-order valence-electron chi connectivity index (χ4n) is 2.28. The van der Waals surface area contributed by atoms with Crippen LogP contribution in [-0.4, -0.2) is 13.0 Å². The second-order valence-corrected chi connectivity index (χ2v) is 6.15. The van der Waals surface area contributed by atoms with Crippen LogP contribution in [0.25, 0.3) is 0 Å². The highest BCUT2D eigenvalue weighted by Crippen LogP contribution is 2.25. The van der Waals surface area contributed by atoms with Crippen molar-refractivity contribution in [2.24, 2.45) is 5.92 Å². The van der Waals surface area contributed by atoms with Crippen LogP contribution in [0.15, 0.2) is 42.5 Å². The van der Waals surface area contributed by atoms with Gasteiger partial charge in [0.15, 0.2) is 0 Å². The molecular formula is C17H17Cl3O. The Hall–Kier alpha value is -0.890. The number of ether oxygens (including phenoxy) is 1. The highest BCUT2D eigenvalue weighted by molar-refractivity contribution is 6.42. The highest BCUT2D eigenvalue weighted by atomic mass is 35.5. The summed E-state index contributed by atoms with van der Waals surface area (Å²) in [5.74, 6) is 1.83. The van der Waals surface area contributed by atoms with Gasteiger partial charge in [-0.2, -0.15) is 0 Å². The molecule has 1 nitrogen and oxygen atoms in total. The molecule has 0 spiro atoms. The second kappa shape index (κ2) is 7.93. The Morgan fingerprint density at radius 1 is 0.905 bits per heavy atom. The molecular weight excluding hydrogens is 327 g/mol. The molecule has 0 radical (unpaired) electrons. The lowest BCUT2D eigenvalue weighted by Gasteiger charge is -2.15. The first-order valence-corrected chi connectivity index (χ1v) is 8.04. The molecule has 0 aliphatic rings. The van der Waals surface area contributed by atoms with Gasteiger partial charge < -0.3 is 4.74 Å². The molecule has 2 aromatic carbocycles. The lowest BCUT2D eigenvalue weighted by atomic mass is 9.94. The van der Waals surface area contributed by atoms with E-state index < -0.39 is 0 Å². The van der Waals surface area contributed by atoms with Crippen LogP contribution in [0.5, 0.6) is 5.75 Å². The number of rotatable bonds is 6. The van der Waals surface area contributed by atoms with E-state index in [9.17, 15) is 0 Å². The molecule has 4 heteroatoms. The highest BCUT2D eigenvalue weighted by Gasteiger charge is 2.11. The number of hydrogen-bond acceptors (Lipinski definition) is 1. The first-order valence-electron chi connectivity index (χ1n) is 6.75. The van der Waals surface area contributed by atoms with Crippen molar-refractivity contribution in [1.29, 1.82) is 0 Å². The van der Waals surface area contributed by atoms with Crippen molar-refractivity contribution >= 4 is 34.8 Å². The minimum atomic E-state index is 0.359. The maximum Gasteiger partial charge on any atom is 0.118 e. The molecule has 0 aliphatic carbocycles. The first kappa shape index (κ1) is 16.5. The number of benzene rings is 2. The number of halogens is 3. The van der Waals surface area contributed by atoms with Crippen LogP contribution in [0.4, 0.5) is 0 Å². The van der Waals surface area contributed by atoms with Gasteiger partial charge in [-0.1, -0.05) is 41.4 Å². The SMILES string of the molecule is COc1ccc(CC(CCl)Cc2ccc(Cl)c(Cl)c2)cc1. The van der Waals surface area contributed by atoms with E-state index in [1.165, 1.54) is 5.56 Å². The van der Waals surface area contributed by atoms with Crippen LogP contribution in [-0.2, 0) is 12.8 Å². The summed E-state index contributed by atoms with van der Waals surface area (Å²) in [5.41, 5.74) is 2.41. The van der Waals surface area contributed by atoms with Gasteiger partial charge in [0, 0.05) is 5.88 Å². The Bertz CT molecular complexity index is 581. The van der Waals surface area contributed by atoms with Crippen molar-refractivity contribution in [3.05, 3.63) is 63.6 Å². The molecule has 0 saturated carbocycles. The van der Waals surface area contributed by atoms with Crippen molar-refractivity contribution < 1.29 is 4.74 Å². The summed E-state index contributed by atoms with van der Waals surface area (Å²) in [7, 11) is 1.67. The van der Waals surface area contributed by atoms with Gasteiger partial charge in [-0.3, -0.25) is 0 Å². The summed E-state index contributed by atoms with van der Waals surface area (Å²) in [6.45, 7) is 0. The predicted molar refractivity (Wildman–Crippen MR) is 91.1 cm³/mol. The summed E-state index contributed by atoms with van der Waals surface area (Å²) < 4.78 is 5.17. The summed E-state index contributed by atoms with van der Waals surface area (Å²) in [6.07, 6.45) is 1.81. The molecule has 0 N–H and O–H groups in total. The molecule has 112 valence electrons. The molecule has 0 aromatic heterocycles. The summed E-state index contributed by atoms with van der Waals surface area (Å²) in [6, 6.07) is 13.8. The zero-order valence-corrected chi connectivity index (χ0v) is 14.1. The number of alkyl halides is 1. The minimum Gasteiger partial charge on any atom is -0.497 e. The molecule has 2 rings (SSSR count). The molecule has 21 heavy (non-hydrogen) atoms. The van der Waals surface area contributed by atoms with Crippen LogP contribution in [0, 0.1) is 5.92 Å². The van der Waals surface area contributed by atoms with Crippen LogP contribution in [0.1, 0.15) is 11.1 Å². The van der Waals surface area contributed by atoms with Gasteiger partial charge in [0.2, 0.25) is 0 Å². The normalized spacial score (nSPS) is 12.2. The van der Waals surface area contributed by atoms with Crippen LogP contribution >= 0.6 is 34.8 Å². The first-order chi connectivity index (χ1) is 10.1. The molecule has 0 bridgehead atoms. The Morgan fingerprint density at radius 2 is 1.52 bits per heavy atom. The quantitative estimate of drug-likeness (QED) is 0.616. The van der Waals surface area contributed by atoms with Gasteiger partial charge in [-0.05, 0) is 54.2 Å². The zero-order chi connectivity index (χ0) is 15.2. The van der Waals surface area contributed by atoms with Crippen molar-refractivity contribution in [2.75, 3.05) is 13.0 Å². The van der Waals surface area contributed by atoms with Gasteiger partial charge in [0.1, 0.15) is 5.75 Å². The van der Waals surface area contributed by atoms with Crippen LogP contribution in [0.3, 0.4) is 0 Å². The monoisotopic (exact) mass is 342 g/mol. The van der Waals surface area contributed by atoms with Gasteiger partial charge in [0.05, 0.1) is 17.2 Å². The van der Waals surface area contributed by atoms with E-state index in [2.05, 4.69) is 12.1 Å². The van der Waals surface area contributed by atoms with E-state index in [1.54, 1.807) is 7.11 Å². The Morgan fingerprint density at radius 3 is 2.10 bits per heavy atom. The molecule has 0 fully saturated rings. The molecule has 0 aliphatic heterocycles. The van der Waals surface area contributed by atoms with Gasteiger partial charge in [-0.15, -0.1) is 11.6 Å². The summed E-state index contributed by atoms with van der Waals surface area (Å²) in [4.78, 5) is 0. The van der Waals surface area contributed by atoms with Gasteiger partial charge in [-0.25, -0.2) is 0 Å². The largest absolute Gasteiger partial charge is 0.497 e. The van der Waals surface area contributed by atoms with E-state index in [0.29, 0.717) is 21.8 Å². The molecule has 0 saturated heterocycles. The Balaban J connectivity index is 2.03. The van der Waals surface area contributed by atoms with Gasteiger partial charge >= 0.3 is 0 Å². The smallest absolute Gasteiger partial charge is 0.118 e. The molecule has 0 amide bonds. The maximum absolute atomic E-state index is 6.11. The predicted octanol–water partition coefficient (Wildman–Crippen LogP) is 5.64. The van der Waals surface area contributed by atoms with E-state index in [4.69, 9.17) is 39.5 Å². The van der Waals surface area contributed by atoms with Crippen molar-refractivity contribution in [3.63, 3.8) is 0 Å². The zero-order valence-electron chi connectivity index (χ0n) is 11.8. The fourth-order valence-corrected chi connectivity index (χ4v) is 2.82. The summed E-state index contributed by atoms with van der Waals surface area (Å²) in [5, 5.41) is 1.17. The maximum atomic E-state index is 6.11. The molecule has 1 atom stereocenters. The standard InChI is InChI=1S/C17H17Cl3O/c1-21-15-5-2-12(3-6-15)8-14(11-18)9-13-4-7-16(19)17(20)10-13/h2-7,10,14H,8-9,11H2,1H3. The third-order valence-electron chi connectivity index (χ3n) is 3.41. The van der Waals surface area contributed by atoms with E-state index in [1.807, 2.05) is 30.3 Å². The molecule has 2 aromatic rings. The van der Waals surface area contributed by atoms with E-state index in [0.717, 1.165) is 24.2 Å². The van der Waals surface area contributed by atoms with Crippen LogP contribution < -0.4 is 4.74 Å². The third kappa shape index (κ3) is 4.81. The van der Waals surface area contributed by atoms with Crippen molar-refractivity contribution in [3.8, 4) is 5.75 Å². The van der Waals surface area contributed by atoms with Crippen molar-refractivity contribution in [1.82, 2.24) is 0 Å². The minimum absolute atomic E-state index is 0.359. The average Bonchev–Trinajstić information content (AvgIpc) is 2.51. The fraction of sp³-hybridized carbons (Fsp3) is 0.294. The second-order valence-electron chi connectivity index (χ2n) is 5.03. The number of methoxy groups -OCH3 is 1. The number of hydrogen-bond donors (Lipinski definition) is 0. The lowest BCUT2D eigenvalue weighted by Crippen LogP contribution is -2.10. The topological polar surface area (TPSA) is 9.23 Å². The Labute approximate surface area is 140 Å². The van der Waals surface area contributed by atoms with Crippen LogP contribution in [0.2, 0.25) is 10.0 Å². The lowest BCUT2D eigenvalue weighted by molar-refractivity contribution is 0.414. The molecule has 1 unspecified atom stereocenters. The average molecular weight is 344 g/mol. The van der Waals surface area contributed by atoms with Crippen molar-refractivity contribution in [2.45, 2.75) is 12.8 Å². The molecule has 0 heterocycles. The Kier molecular flexibility index (Phi) is 6.22. The van der Waals surface area contributed by atoms with E-state index in [-0.39, 0.29) is 0 Å². The third-order valence-corrected chi connectivity index (χ3v) is 4.59. The van der Waals surface area contributed by atoms with E-state index >= 15 is 0 Å². The van der Waals surface area contributed by atoms with Gasteiger partial charge in [0.25, 0.3) is 0 Å².